The normalized spacial score (nSPS) is 15.5. The van der Waals surface area contributed by atoms with Crippen LogP contribution in [0.2, 0.25) is 0 Å². The maximum absolute atomic E-state index is 13.5. The molecule has 0 fully saturated rings. The highest BCUT2D eigenvalue weighted by molar-refractivity contribution is 8.93. The number of halogens is 2. The van der Waals surface area contributed by atoms with Crippen molar-refractivity contribution in [2.75, 3.05) is 5.01 Å². The zero-order chi connectivity index (χ0) is 21.5. The molecular formula is C26H19BrFN3S2. The van der Waals surface area contributed by atoms with Gasteiger partial charge in [0, 0.05) is 17.4 Å². The summed E-state index contributed by atoms with van der Waals surface area (Å²) in [6, 6.07) is 25.6. The van der Waals surface area contributed by atoms with E-state index in [9.17, 15) is 4.39 Å². The number of fused-ring (bicyclic) bond motifs is 1. The molecule has 0 spiro atoms. The molecule has 6 rings (SSSR count). The molecular weight excluding hydrogens is 517 g/mol. The SMILES string of the molecule is Br.Fc1ccc(C2CC(c3cccs3)=NN2c2nc(-c3ccc4ccccc4c3)cs2)cc1. The average molecular weight is 536 g/mol. The molecule has 0 radical (unpaired) electrons. The zero-order valence-corrected chi connectivity index (χ0v) is 20.7. The van der Waals surface area contributed by atoms with Gasteiger partial charge in [-0.15, -0.1) is 39.7 Å². The number of thiophene rings is 1. The number of benzene rings is 3. The third-order valence-corrected chi connectivity index (χ3v) is 7.45. The maximum atomic E-state index is 13.5. The minimum atomic E-state index is -0.231. The Balaban J connectivity index is 0.00000228. The molecule has 0 amide bonds. The van der Waals surface area contributed by atoms with Crippen molar-refractivity contribution in [1.82, 2.24) is 4.98 Å². The lowest BCUT2D eigenvalue weighted by molar-refractivity contribution is 0.624. The van der Waals surface area contributed by atoms with Crippen LogP contribution in [-0.4, -0.2) is 10.7 Å². The van der Waals surface area contributed by atoms with Gasteiger partial charge < -0.3 is 0 Å². The molecule has 1 unspecified atom stereocenters. The van der Waals surface area contributed by atoms with Gasteiger partial charge in [-0.25, -0.2) is 14.4 Å². The molecule has 5 aromatic rings. The third-order valence-electron chi connectivity index (χ3n) is 5.70. The highest BCUT2D eigenvalue weighted by atomic mass is 79.9. The monoisotopic (exact) mass is 535 g/mol. The second-order valence-electron chi connectivity index (χ2n) is 7.72. The number of thiazole rings is 1. The van der Waals surface area contributed by atoms with Crippen LogP contribution in [0.25, 0.3) is 22.0 Å². The number of hydrazone groups is 1. The van der Waals surface area contributed by atoms with Crippen LogP contribution in [0.1, 0.15) is 22.9 Å². The standard InChI is InChI=1S/C26H18FN3S2.BrH/c27-21-11-9-18(10-12-21)24-15-22(25-6-3-13-31-25)29-30(24)26-28-23(16-32-26)20-8-7-17-4-1-2-5-19(17)14-20;/h1-14,16,24H,15H2;1H. The summed E-state index contributed by atoms with van der Waals surface area (Å²) in [5.74, 6) is -0.231. The Kier molecular flexibility index (Phi) is 6.10. The molecule has 3 heterocycles. The van der Waals surface area contributed by atoms with Crippen molar-refractivity contribution in [2.45, 2.75) is 12.5 Å². The molecule has 0 N–H and O–H groups in total. The number of nitrogens with zero attached hydrogens (tertiary/aromatic N) is 3. The van der Waals surface area contributed by atoms with Crippen LogP contribution in [0.5, 0.6) is 0 Å². The van der Waals surface area contributed by atoms with Crippen molar-refractivity contribution in [1.29, 1.82) is 0 Å². The summed E-state index contributed by atoms with van der Waals surface area (Å²) in [5, 5.41) is 14.4. The third kappa shape index (κ3) is 4.24. The van der Waals surface area contributed by atoms with E-state index in [0.717, 1.165) is 39.0 Å². The molecule has 2 aromatic heterocycles. The summed E-state index contributed by atoms with van der Waals surface area (Å²) in [6.45, 7) is 0. The number of hydrogen-bond acceptors (Lipinski definition) is 5. The van der Waals surface area contributed by atoms with Crippen LogP contribution in [0.15, 0.2) is 94.7 Å². The lowest BCUT2D eigenvalue weighted by Crippen LogP contribution is -2.18. The van der Waals surface area contributed by atoms with Gasteiger partial charge in [0.05, 0.1) is 22.3 Å². The van der Waals surface area contributed by atoms with Crippen LogP contribution in [0.3, 0.4) is 0 Å². The van der Waals surface area contributed by atoms with Crippen molar-refractivity contribution in [3.05, 3.63) is 106 Å². The Hall–Kier alpha value is -2.87. The summed E-state index contributed by atoms with van der Waals surface area (Å²) in [6.07, 6.45) is 0.761. The molecule has 0 saturated carbocycles. The lowest BCUT2D eigenvalue weighted by atomic mass is 10.0. The largest absolute Gasteiger partial charge is 0.231 e. The first kappa shape index (κ1) is 21.9. The van der Waals surface area contributed by atoms with Gasteiger partial charge in [0.2, 0.25) is 5.13 Å². The summed E-state index contributed by atoms with van der Waals surface area (Å²) in [7, 11) is 0. The second-order valence-corrected chi connectivity index (χ2v) is 9.50. The Labute approximate surface area is 209 Å². The highest BCUT2D eigenvalue weighted by Crippen LogP contribution is 2.40. The van der Waals surface area contributed by atoms with E-state index in [0.29, 0.717) is 0 Å². The van der Waals surface area contributed by atoms with E-state index in [-0.39, 0.29) is 28.8 Å². The van der Waals surface area contributed by atoms with Gasteiger partial charge >= 0.3 is 0 Å². The van der Waals surface area contributed by atoms with Crippen molar-refractivity contribution >= 4 is 61.3 Å². The fraction of sp³-hybridized carbons (Fsp3) is 0.0769. The Bertz CT molecular complexity index is 1430. The predicted octanol–water partition coefficient (Wildman–Crippen LogP) is 8.10. The van der Waals surface area contributed by atoms with Crippen molar-refractivity contribution in [2.24, 2.45) is 5.10 Å². The zero-order valence-electron chi connectivity index (χ0n) is 17.4. The summed E-state index contributed by atoms with van der Waals surface area (Å²) < 4.78 is 13.5. The number of anilines is 1. The van der Waals surface area contributed by atoms with Crippen molar-refractivity contribution in [3.8, 4) is 11.3 Å². The quantitative estimate of drug-likeness (QED) is 0.232. The number of hydrogen-bond donors (Lipinski definition) is 0. The molecule has 0 bridgehead atoms. The Morgan fingerprint density at radius 3 is 2.48 bits per heavy atom. The average Bonchev–Trinajstić information content (AvgIpc) is 3.59. The smallest absolute Gasteiger partial charge is 0.207 e. The van der Waals surface area contributed by atoms with E-state index in [4.69, 9.17) is 10.1 Å². The van der Waals surface area contributed by atoms with Gasteiger partial charge in [-0.05, 0) is 46.0 Å². The molecule has 7 heteroatoms. The van der Waals surface area contributed by atoms with Gasteiger partial charge in [0.1, 0.15) is 5.82 Å². The predicted molar refractivity (Wildman–Crippen MR) is 142 cm³/mol. The minimum absolute atomic E-state index is 0. The van der Waals surface area contributed by atoms with Gasteiger partial charge in [0.15, 0.2) is 0 Å². The van der Waals surface area contributed by atoms with Crippen LogP contribution in [0, 0.1) is 5.82 Å². The molecule has 0 aliphatic carbocycles. The summed E-state index contributed by atoms with van der Waals surface area (Å²) in [5.41, 5.74) is 4.10. The first-order chi connectivity index (χ1) is 15.7. The van der Waals surface area contributed by atoms with Crippen LogP contribution >= 0.6 is 39.7 Å². The fourth-order valence-corrected chi connectivity index (χ4v) is 5.63. The van der Waals surface area contributed by atoms with Crippen LogP contribution in [-0.2, 0) is 0 Å². The van der Waals surface area contributed by atoms with E-state index in [1.54, 1.807) is 22.7 Å². The van der Waals surface area contributed by atoms with Gasteiger partial charge in [-0.3, -0.25) is 0 Å². The fourth-order valence-electron chi connectivity index (χ4n) is 4.07. The molecule has 164 valence electrons. The Morgan fingerprint density at radius 2 is 1.70 bits per heavy atom. The molecule has 3 nitrogen and oxygen atoms in total. The molecule has 1 aliphatic rings. The first-order valence-electron chi connectivity index (χ1n) is 10.4. The van der Waals surface area contributed by atoms with Crippen molar-refractivity contribution < 1.29 is 4.39 Å². The van der Waals surface area contributed by atoms with E-state index in [1.165, 1.54) is 22.9 Å². The van der Waals surface area contributed by atoms with Gasteiger partial charge in [0.25, 0.3) is 0 Å². The van der Waals surface area contributed by atoms with E-state index >= 15 is 0 Å². The lowest BCUT2D eigenvalue weighted by Gasteiger charge is -2.21. The highest BCUT2D eigenvalue weighted by Gasteiger charge is 2.32. The molecule has 1 atom stereocenters. The van der Waals surface area contributed by atoms with E-state index in [2.05, 4.69) is 59.3 Å². The molecule has 3 aromatic carbocycles. The minimum Gasteiger partial charge on any atom is -0.231 e. The van der Waals surface area contributed by atoms with E-state index in [1.807, 2.05) is 23.2 Å². The second kappa shape index (κ2) is 9.17. The summed E-state index contributed by atoms with van der Waals surface area (Å²) in [4.78, 5) is 6.10. The number of aromatic nitrogens is 1. The van der Waals surface area contributed by atoms with Gasteiger partial charge in [-0.1, -0.05) is 54.6 Å². The summed E-state index contributed by atoms with van der Waals surface area (Å²) >= 11 is 3.27. The van der Waals surface area contributed by atoms with Crippen LogP contribution < -0.4 is 5.01 Å². The van der Waals surface area contributed by atoms with Gasteiger partial charge in [-0.2, -0.15) is 5.10 Å². The maximum Gasteiger partial charge on any atom is 0.207 e. The molecule has 33 heavy (non-hydrogen) atoms. The molecule has 0 saturated heterocycles. The molecule has 1 aliphatic heterocycles. The topological polar surface area (TPSA) is 28.5 Å². The van der Waals surface area contributed by atoms with E-state index < -0.39 is 0 Å². The first-order valence-corrected chi connectivity index (χ1v) is 12.1. The van der Waals surface area contributed by atoms with Crippen LogP contribution in [0.4, 0.5) is 9.52 Å². The Morgan fingerprint density at radius 1 is 0.879 bits per heavy atom. The van der Waals surface area contributed by atoms with Crippen molar-refractivity contribution in [3.63, 3.8) is 0 Å². The number of rotatable bonds is 4.